The average Bonchev–Trinajstić information content (AvgIpc) is 1.64. The van der Waals surface area contributed by atoms with Crippen LogP contribution in [0.3, 0.4) is 0 Å². The third-order valence-electron chi connectivity index (χ3n) is 23.4. The van der Waals surface area contributed by atoms with Gasteiger partial charge < -0.3 is 72.3 Å². The highest BCUT2D eigenvalue weighted by atomic mass is 35.5. The van der Waals surface area contributed by atoms with Crippen LogP contribution in [0.1, 0.15) is 56.6 Å². The number of ether oxygens (including phenoxy) is 9. The number of pyridine rings is 4. The van der Waals surface area contributed by atoms with Gasteiger partial charge in [0.05, 0.1) is 113 Å². The number of nitrogens with one attached hydrogen (secondary N) is 1. The Hall–Kier alpha value is -10.2. The number of benzene rings is 4. The zero-order valence-electron chi connectivity index (χ0n) is 82.6. The van der Waals surface area contributed by atoms with Crippen LogP contribution in [-0.4, -0.2) is 248 Å². The number of hydrogen-bond acceptors (Lipinski definition) is 28. The largest absolute Gasteiger partial charge is 0.453 e. The number of hydrogen-bond donors (Lipinski definition) is 2. The number of anilines is 4. The molecule has 0 spiro atoms. The summed E-state index contributed by atoms with van der Waals surface area (Å²) in [6.07, 6.45) is 10.4. The van der Waals surface area contributed by atoms with E-state index in [1.54, 1.807) is 73.2 Å². The number of aromatic nitrogens is 18. The van der Waals surface area contributed by atoms with Crippen molar-refractivity contribution >= 4 is 173 Å². The van der Waals surface area contributed by atoms with Crippen LogP contribution in [0.5, 0.6) is 12.0 Å². The summed E-state index contributed by atoms with van der Waals surface area (Å²) in [6, 6.07) is 49.9. The lowest BCUT2D eigenvalue weighted by atomic mass is 10.1. The monoisotopic (exact) mass is 2130 g/mol. The summed E-state index contributed by atoms with van der Waals surface area (Å²) in [5.74, 6) is 1.62. The number of imidazole rings is 4. The number of morpholine rings is 4. The molecule has 0 amide bonds. The quantitative estimate of drug-likeness (QED) is 0.0240. The Kier molecular flexibility index (Phi) is 39.6. The minimum Gasteiger partial charge on any atom is -0.453 e. The van der Waals surface area contributed by atoms with Gasteiger partial charge in [-0.15, -0.1) is 23.2 Å². The van der Waals surface area contributed by atoms with Gasteiger partial charge >= 0.3 is 6.01 Å². The van der Waals surface area contributed by atoms with Crippen molar-refractivity contribution in [3.8, 4) is 57.1 Å². The highest BCUT2D eigenvalue weighted by molar-refractivity contribution is 6.76. The van der Waals surface area contributed by atoms with E-state index in [0.29, 0.717) is 132 Å². The molecule has 4 fully saturated rings. The molecule has 15 heterocycles. The summed E-state index contributed by atoms with van der Waals surface area (Å²) in [4.78, 5) is 74.4. The molecule has 143 heavy (non-hydrogen) atoms. The fourth-order valence-corrected chi connectivity index (χ4v) is 18.9. The number of aromatic amines is 1. The maximum absolute atomic E-state index is 8.90. The van der Waals surface area contributed by atoms with Crippen LogP contribution in [0.15, 0.2) is 183 Å². The fraction of sp³-hybridized carbons (Fsp3) is 0.406. The van der Waals surface area contributed by atoms with Crippen LogP contribution in [0.2, 0.25) is 102 Å². The lowest BCUT2D eigenvalue weighted by Crippen LogP contribution is -2.36. The molecule has 758 valence electrons. The minimum atomic E-state index is -1.24. The number of nitrogens with zero attached hydrogens (tertiary/aromatic N) is 21. The second kappa shape index (κ2) is 52.2. The smallest absolute Gasteiger partial charge is 0.301 e. The summed E-state index contributed by atoms with van der Waals surface area (Å²) < 4.78 is 57.4. The van der Waals surface area contributed by atoms with Crippen LogP contribution in [-0.2, 0) is 53.4 Å². The van der Waals surface area contributed by atoms with E-state index in [0.717, 1.165) is 180 Å². The third-order valence-corrected chi connectivity index (χ3v) is 29.9. The Morgan fingerprint density at radius 1 is 0.378 bits per heavy atom. The van der Waals surface area contributed by atoms with Crippen molar-refractivity contribution < 1.29 is 47.7 Å². The molecule has 15 aromatic rings. The van der Waals surface area contributed by atoms with Gasteiger partial charge in [0.1, 0.15) is 42.8 Å². The van der Waals surface area contributed by atoms with Crippen molar-refractivity contribution in [2.45, 2.75) is 136 Å². The number of fused-ring (bicyclic) bond motifs is 4. The fourth-order valence-electron chi connectivity index (χ4n) is 15.4. The molecule has 42 heteroatoms. The number of aliphatic hydroxyl groups excluding tert-OH is 1. The Morgan fingerprint density at radius 3 is 1.08 bits per heavy atom. The van der Waals surface area contributed by atoms with Gasteiger partial charge in [-0.2, -0.15) is 9.97 Å². The molecule has 4 aliphatic rings. The molecule has 32 nitrogen and oxygen atoms in total. The maximum atomic E-state index is 8.90. The Balaban J connectivity index is 0.000000146. The number of aliphatic hydroxyl groups is 1. The first-order valence-electron chi connectivity index (χ1n) is 47.7. The van der Waals surface area contributed by atoms with Crippen molar-refractivity contribution in [2.24, 2.45) is 0 Å². The lowest BCUT2D eigenvalue weighted by Gasteiger charge is -2.28. The van der Waals surface area contributed by atoms with E-state index in [2.05, 4.69) is 218 Å². The molecule has 0 radical (unpaired) electrons. The van der Waals surface area contributed by atoms with Gasteiger partial charge in [-0.3, -0.25) is 13.7 Å². The summed E-state index contributed by atoms with van der Waals surface area (Å²) in [7, 11) is -3.49. The van der Waals surface area contributed by atoms with E-state index in [9.17, 15) is 0 Å². The van der Waals surface area contributed by atoms with Crippen LogP contribution in [0.25, 0.3) is 89.7 Å². The SMILES string of the molecule is CC(O)c1ncccn1.CC(Oc1nc2cc(Cl)c(-c3ccc(N4CCOCC4)cc3)nc2n1COCC[Si](C)(C)C)c1ncccn1.CC(Oc1nc2nc(-c3ccc(N4CCOCC4)cc3)c(Cl)cc2[nH]1)c1ncccn1.C[Si](C)(C)CCOCn1c(Cl)nc2cc(Cl)c(-c3ccc(N4CCOCC4)cc3)nc21.C[Si](C)(C)CCOCn1cnc2cc(Cl)c(-c3ccc(N4CCOCC4)cc3)nc21.ClCCl. The molecule has 3 unspecified atom stereocenters. The number of rotatable bonds is 30. The van der Waals surface area contributed by atoms with Gasteiger partial charge in [-0.05, 0) is 141 Å². The first-order valence-corrected chi connectivity index (χ1v) is 61.7. The van der Waals surface area contributed by atoms with Crippen molar-refractivity contribution in [3.63, 3.8) is 0 Å². The van der Waals surface area contributed by atoms with Crippen molar-refractivity contribution in [3.05, 3.63) is 226 Å². The number of halogens is 7. The summed E-state index contributed by atoms with van der Waals surface area (Å²) >= 11 is 42.3. The first-order chi connectivity index (χ1) is 68.9. The van der Waals surface area contributed by atoms with Gasteiger partial charge in [0.2, 0.25) is 5.28 Å². The zero-order chi connectivity index (χ0) is 101. The Labute approximate surface area is 871 Å². The normalized spacial score (nSPS) is 14.8. The van der Waals surface area contributed by atoms with Gasteiger partial charge in [-0.25, -0.2) is 59.8 Å². The first kappa shape index (κ1) is 108. The average molecular weight is 2140 g/mol. The standard InChI is InChI=1S/C28H35ClN6O3Si.C22H28Cl2N4O2Si.C22H21ClN6O2.C22H29ClN4O2Si.C6H8N2O.CH2Cl2/c1-20(26-30-10-5-11-31-26)38-28-32-24-18-23(29)25(33-27(24)35(28)19-37-16-17-39(2,3)4)21-6-8-22(9-7-21)34-12-14-36-15-13-34;1-31(2,3)13-12-30-15-28-21-19(25-22(28)24)14-18(23)20(26-21)16-4-6-17(7-5-16)27-8-10-29-11-9-27;1-14(20-24-7-2-8-25-20)31-22-26-18-13-17(23)19(27-21(18)28-22)15-3-5-16(6-4-15)29-9-11-30-12-10-29;1-30(2,3)13-12-29-16-27-15-24-20-14-19(23)21(25-22(20)27)17-4-6-18(7-5-17)26-8-10-28-11-9-26;1-5(9)6-7-3-2-4-8-6;2-1-3/h5-11,18,20H,12-17,19H2,1-4H3;4-7,14H,8-13,15H2,1-3H3;2-8,13-14H,9-12H2,1H3,(H,26,27,28);4-7,14-15H,8-13,16H2,1-3H3;2-5,9H,1H3;1H2. The van der Waals surface area contributed by atoms with Crippen LogP contribution >= 0.6 is 81.2 Å². The highest BCUT2D eigenvalue weighted by Gasteiger charge is 2.27. The van der Waals surface area contributed by atoms with Gasteiger partial charge in [0, 0.05) is 179 Å². The molecule has 4 aromatic carbocycles. The van der Waals surface area contributed by atoms with Gasteiger partial charge in [0.15, 0.2) is 52.3 Å². The van der Waals surface area contributed by atoms with E-state index in [1.165, 1.54) is 11.4 Å². The van der Waals surface area contributed by atoms with E-state index < -0.39 is 36.4 Å². The van der Waals surface area contributed by atoms with Crippen LogP contribution in [0, 0.1) is 0 Å². The molecule has 0 saturated carbocycles. The van der Waals surface area contributed by atoms with Crippen molar-refractivity contribution in [1.29, 1.82) is 0 Å². The minimum absolute atomic E-state index is 0.194. The molecule has 0 bridgehead atoms. The molecule has 3 atom stereocenters. The Morgan fingerprint density at radius 2 is 0.706 bits per heavy atom. The van der Waals surface area contributed by atoms with E-state index in [1.807, 2.05) is 59.4 Å². The molecule has 11 aromatic heterocycles. The van der Waals surface area contributed by atoms with E-state index in [4.69, 9.17) is 149 Å². The molecule has 19 rings (SSSR count). The van der Waals surface area contributed by atoms with Crippen LogP contribution < -0.4 is 29.1 Å². The lowest BCUT2D eigenvalue weighted by molar-refractivity contribution is 0.0758. The molecule has 4 aliphatic heterocycles. The second-order valence-corrected chi connectivity index (χ2v) is 57.4. The third kappa shape index (κ3) is 31.2. The predicted octanol–water partition coefficient (Wildman–Crippen LogP) is 22.3. The molecule has 0 aliphatic carbocycles. The molecule has 2 N–H and O–H groups in total. The van der Waals surface area contributed by atoms with Crippen molar-refractivity contribution in [1.82, 2.24) is 88.5 Å². The topological polar surface area (TPSA) is 327 Å². The highest BCUT2D eigenvalue weighted by Crippen LogP contribution is 2.39. The van der Waals surface area contributed by atoms with Gasteiger partial charge in [-0.1, -0.05) is 154 Å². The molecule has 4 saturated heterocycles. The molecular formula is C101H123Cl7N22O10Si3. The second-order valence-electron chi connectivity index (χ2n) is 37.8. The molecular weight excluding hydrogens is 2010 g/mol. The number of alkyl halides is 2. The summed E-state index contributed by atoms with van der Waals surface area (Å²) in [5.41, 5.74) is 16.8. The zero-order valence-corrected chi connectivity index (χ0v) is 90.9. The Bertz CT molecular complexity index is 6520. The summed E-state index contributed by atoms with van der Waals surface area (Å²) in [6.45, 7) is 42.9. The van der Waals surface area contributed by atoms with Crippen LogP contribution in [0.4, 0.5) is 22.7 Å². The van der Waals surface area contributed by atoms with E-state index >= 15 is 0 Å². The summed E-state index contributed by atoms with van der Waals surface area (Å²) in [5, 5.41) is 11.7. The van der Waals surface area contributed by atoms with Crippen molar-refractivity contribution in [2.75, 3.05) is 150 Å². The van der Waals surface area contributed by atoms with E-state index in [-0.39, 0.29) is 18.2 Å². The van der Waals surface area contributed by atoms with Gasteiger partial charge in [0.25, 0.3) is 6.01 Å². The number of H-pyrrole nitrogens is 1. The predicted molar refractivity (Wildman–Crippen MR) is 579 cm³/mol. The maximum Gasteiger partial charge on any atom is 0.301 e.